The summed E-state index contributed by atoms with van der Waals surface area (Å²) in [6.45, 7) is 6.28. The Hall–Kier alpha value is -0.890. The number of rotatable bonds is 2. The van der Waals surface area contributed by atoms with Gasteiger partial charge in [-0.2, -0.15) is 0 Å². The molecule has 0 aliphatic carbocycles. The fourth-order valence-corrected chi connectivity index (χ4v) is 1.04. The quantitative estimate of drug-likeness (QED) is 0.728. The Kier molecular flexibility index (Phi) is 2.82. The minimum Gasteiger partial charge on any atom is -0.324 e. The van der Waals surface area contributed by atoms with Crippen molar-refractivity contribution >= 4 is 0 Å². The van der Waals surface area contributed by atoms with Gasteiger partial charge in [-0.25, -0.2) is 0 Å². The molecule has 0 radical (unpaired) electrons. The zero-order valence-electron chi connectivity index (χ0n) is 7.91. The largest absolute Gasteiger partial charge is 0.324 e. The number of aromatic nitrogens is 1. The van der Waals surface area contributed by atoms with E-state index in [9.17, 15) is 0 Å². The van der Waals surface area contributed by atoms with Crippen LogP contribution in [-0.4, -0.2) is 4.98 Å². The summed E-state index contributed by atoms with van der Waals surface area (Å²) in [7, 11) is 0. The van der Waals surface area contributed by atoms with E-state index < -0.39 is 0 Å². The molecule has 0 saturated heterocycles. The molecule has 1 heterocycles. The predicted molar refractivity (Wildman–Crippen MR) is 50.9 cm³/mol. The van der Waals surface area contributed by atoms with E-state index in [1.54, 1.807) is 0 Å². The molecule has 1 aromatic rings. The molecule has 0 aliphatic heterocycles. The SMILES string of the molecule is CC(C)c1cncc([C@@H](C)N)c1. The molecule has 2 nitrogen and oxygen atoms in total. The third kappa shape index (κ3) is 2.05. The summed E-state index contributed by atoms with van der Waals surface area (Å²) in [6, 6.07) is 2.21. The van der Waals surface area contributed by atoms with Crippen molar-refractivity contribution in [2.75, 3.05) is 0 Å². The van der Waals surface area contributed by atoms with Crippen LogP contribution in [0.5, 0.6) is 0 Å². The van der Waals surface area contributed by atoms with Crippen LogP contribution in [0.1, 0.15) is 43.9 Å². The number of nitrogens with two attached hydrogens (primary N) is 1. The Bertz CT molecular complexity index is 231. The van der Waals surface area contributed by atoms with E-state index >= 15 is 0 Å². The summed E-state index contributed by atoms with van der Waals surface area (Å²) in [4.78, 5) is 4.15. The van der Waals surface area contributed by atoms with Crippen LogP contribution < -0.4 is 5.73 Å². The standard InChI is InChI=1S/C10H16N2/c1-7(2)9-4-10(8(3)11)6-12-5-9/h4-8H,11H2,1-3H3/t8-/m1/s1. The smallest absolute Gasteiger partial charge is 0.0315 e. The number of pyridine rings is 1. The summed E-state index contributed by atoms with van der Waals surface area (Å²) in [6.07, 6.45) is 3.73. The minimum absolute atomic E-state index is 0.0798. The minimum atomic E-state index is 0.0798. The molecule has 0 aromatic carbocycles. The van der Waals surface area contributed by atoms with Gasteiger partial charge in [-0.1, -0.05) is 19.9 Å². The zero-order chi connectivity index (χ0) is 9.14. The molecule has 0 saturated carbocycles. The summed E-state index contributed by atoms with van der Waals surface area (Å²) >= 11 is 0. The first-order chi connectivity index (χ1) is 5.61. The topological polar surface area (TPSA) is 38.9 Å². The van der Waals surface area contributed by atoms with Gasteiger partial charge in [0.05, 0.1) is 0 Å². The zero-order valence-corrected chi connectivity index (χ0v) is 7.91. The van der Waals surface area contributed by atoms with Crippen LogP contribution in [0.4, 0.5) is 0 Å². The Morgan fingerprint density at radius 2 is 1.75 bits per heavy atom. The van der Waals surface area contributed by atoms with Gasteiger partial charge in [0, 0.05) is 18.4 Å². The van der Waals surface area contributed by atoms with Gasteiger partial charge in [-0.15, -0.1) is 0 Å². The highest BCUT2D eigenvalue weighted by molar-refractivity contribution is 5.22. The van der Waals surface area contributed by atoms with E-state index in [1.165, 1.54) is 5.56 Å². The van der Waals surface area contributed by atoms with Crippen molar-refractivity contribution in [2.24, 2.45) is 5.73 Å². The lowest BCUT2D eigenvalue weighted by Crippen LogP contribution is -2.06. The van der Waals surface area contributed by atoms with Gasteiger partial charge in [0.1, 0.15) is 0 Å². The number of hydrogen-bond acceptors (Lipinski definition) is 2. The molecule has 0 unspecified atom stereocenters. The first-order valence-electron chi connectivity index (χ1n) is 4.31. The summed E-state index contributed by atoms with van der Waals surface area (Å²) < 4.78 is 0. The summed E-state index contributed by atoms with van der Waals surface area (Å²) in [5.74, 6) is 0.524. The van der Waals surface area contributed by atoms with Crippen molar-refractivity contribution in [2.45, 2.75) is 32.7 Å². The number of hydrogen-bond donors (Lipinski definition) is 1. The maximum Gasteiger partial charge on any atom is 0.0315 e. The molecule has 0 amide bonds. The normalized spacial score (nSPS) is 13.4. The van der Waals surface area contributed by atoms with Crippen LogP contribution in [0.3, 0.4) is 0 Å². The van der Waals surface area contributed by atoms with Gasteiger partial charge >= 0.3 is 0 Å². The highest BCUT2D eigenvalue weighted by Gasteiger charge is 2.03. The van der Waals surface area contributed by atoms with Crippen molar-refractivity contribution in [1.29, 1.82) is 0 Å². The van der Waals surface area contributed by atoms with Crippen molar-refractivity contribution < 1.29 is 0 Å². The highest BCUT2D eigenvalue weighted by Crippen LogP contribution is 2.16. The number of nitrogens with zero attached hydrogens (tertiary/aromatic N) is 1. The average Bonchev–Trinajstić information content (AvgIpc) is 2.04. The third-order valence-electron chi connectivity index (χ3n) is 1.97. The average molecular weight is 164 g/mol. The third-order valence-corrected chi connectivity index (χ3v) is 1.97. The first kappa shape index (κ1) is 9.20. The van der Waals surface area contributed by atoms with E-state index in [-0.39, 0.29) is 6.04 Å². The molecule has 2 N–H and O–H groups in total. The van der Waals surface area contributed by atoms with Crippen LogP contribution in [-0.2, 0) is 0 Å². The summed E-state index contributed by atoms with van der Waals surface area (Å²) in [5, 5.41) is 0. The second-order valence-electron chi connectivity index (χ2n) is 3.49. The molecule has 0 spiro atoms. The van der Waals surface area contributed by atoms with E-state index in [2.05, 4.69) is 24.9 Å². The van der Waals surface area contributed by atoms with E-state index in [1.807, 2.05) is 19.3 Å². The van der Waals surface area contributed by atoms with Gasteiger partial charge in [-0.3, -0.25) is 4.98 Å². The molecule has 66 valence electrons. The molecule has 0 bridgehead atoms. The van der Waals surface area contributed by atoms with Crippen LogP contribution in [0.2, 0.25) is 0 Å². The van der Waals surface area contributed by atoms with Crippen LogP contribution in [0.15, 0.2) is 18.5 Å². The van der Waals surface area contributed by atoms with Crippen molar-refractivity contribution in [3.63, 3.8) is 0 Å². The van der Waals surface area contributed by atoms with E-state index in [4.69, 9.17) is 5.73 Å². The van der Waals surface area contributed by atoms with Gasteiger partial charge in [0.2, 0.25) is 0 Å². The van der Waals surface area contributed by atoms with E-state index in [0.29, 0.717) is 5.92 Å². The lowest BCUT2D eigenvalue weighted by Gasteiger charge is -2.09. The van der Waals surface area contributed by atoms with Crippen LogP contribution in [0.25, 0.3) is 0 Å². The van der Waals surface area contributed by atoms with Crippen LogP contribution in [0, 0.1) is 0 Å². The molecule has 1 rings (SSSR count). The maximum absolute atomic E-state index is 5.74. The van der Waals surface area contributed by atoms with Crippen LogP contribution >= 0.6 is 0 Å². The van der Waals surface area contributed by atoms with Gasteiger partial charge in [0.25, 0.3) is 0 Å². The fourth-order valence-electron chi connectivity index (χ4n) is 1.04. The van der Waals surface area contributed by atoms with Crippen molar-refractivity contribution in [1.82, 2.24) is 4.98 Å². The lowest BCUT2D eigenvalue weighted by molar-refractivity contribution is 0.792. The first-order valence-corrected chi connectivity index (χ1v) is 4.31. The molecule has 1 atom stereocenters. The van der Waals surface area contributed by atoms with Gasteiger partial charge in [0.15, 0.2) is 0 Å². The molecule has 2 heteroatoms. The second-order valence-corrected chi connectivity index (χ2v) is 3.49. The lowest BCUT2D eigenvalue weighted by atomic mass is 10.0. The second kappa shape index (κ2) is 3.68. The fraction of sp³-hybridized carbons (Fsp3) is 0.500. The molecular weight excluding hydrogens is 148 g/mol. The Morgan fingerprint density at radius 1 is 1.17 bits per heavy atom. The van der Waals surface area contributed by atoms with E-state index in [0.717, 1.165) is 5.56 Å². The maximum atomic E-state index is 5.74. The molecular formula is C10H16N2. The molecule has 12 heavy (non-hydrogen) atoms. The Morgan fingerprint density at radius 3 is 2.25 bits per heavy atom. The Balaban J connectivity index is 2.96. The van der Waals surface area contributed by atoms with Crippen molar-refractivity contribution in [3.8, 4) is 0 Å². The van der Waals surface area contributed by atoms with Gasteiger partial charge < -0.3 is 5.73 Å². The highest BCUT2D eigenvalue weighted by atomic mass is 14.7. The summed E-state index contributed by atoms with van der Waals surface area (Å²) in [5.41, 5.74) is 8.11. The Labute approximate surface area is 73.8 Å². The molecule has 0 aliphatic rings. The molecule has 0 fully saturated rings. The van der Waals surface area contributed by atoms with Crippen molar-refractivity contribution in [3.05, 3.63) is 29.6 Å². The molecule has 1 aromatic heterocycles. The predicted octanol–water partition coefficient (Wildman–Crippen LogP) is 2.22. The van der Waals surface area contributed by atoms with Gasteiger partial charge in [-0.05, 0) is 24.0 Å². The monoisotopic (exact) mass is 164 g/mol.